The highest BCUT2D eigenvalue weighted by atomic mass is 16.4. The van der Waals surface area contributed by atoms with E-state index in [0.717, 1.165) is 16.6 Å². The fourth-order valence-electron chi connectivity index (χ4n) is 1.80. The van der Waals surface area contributed by atoms with Crippen molar-refractivity contribution in [3.05, 3.63) is 30.1 Å². The van der Waals surface area contributed by atoms with Crippen LogP contribution in [-0.4, -0.2) is 21.0 Å². The topological polar surface area (TPSA) is 66.0 Å². The molecule has 0 radical (unpaired) electrons. The predicted molar refractivity (Wildman–Crippen MR) is 61.2 cm³/mol. The van der Waals surface area contributed by atoms with Crippen LogP contribution in [0, 0.1) is 5.92 Å². The van der Waals surface area contributed by atoms with Gasteiger partial charge >= 0.3 is 5.97 Å². The molecule has 0 aliphatic heterocycles. The molecular weight excluding hydrogens is 204 g/mol. The van der Waals surface area contributed by atoms with E-state index in [2.05, 4.69) is 9.97 Å². The van der Waals surface area contributed by atoms with Crippen LogP contribution in [0.5, 0.6) is 0 Å². The summed E-state index contributed by atoms with van der Waals surface area (Å²) in [5, 5.41) is 8.99. The van der Waals surface area contributed by atoms with Crippen LogP contribution in [0.25, 0.3) is 11.0 Å². The lowest BCUT2D eigenvalue weighted by Crippen LogP contribution is -2.15. The summed E-state index contributed by atoms with van der Waals surface area (Å²) < 4.78 is 0. The molecule has 1 aromatic carbocycles. The van der Waals surface area contributed by atoms with Crippen LogP contribution in [0.15, 0.2) is 24.5 Å². The quantitative estimate of drug-likeness (QED) is 0.826. The molecule has 0 saturated carbocycles. The van der Waals surface area contributed by atoms with Crippen LogP contribution < -0.4 is 0 Å². The molecule has 0 aliphatic rings. The maximum Gasteiger partial charge on any atom is 0.306 e. The highest BCUT2D eigenvalue weighted by Crippen LogP contribution is 2.16. The van der Waals surface area contributed by atoms with Gasteiger partial charge in [-0.25, -0.2) is 4.98 Å². The molecule has 0 aliphatic carbocycles. The predicted octanol–water partition coefficient (Wildman–Crippen LogP) is 2.22. The van der Waals surface area contributed by atoms with Crippen molar-refractivity contribution in [2.24, 2.45) is 5.92 Å². The van der Waals surface area contributed by atoms with E-state index in [0.29, 0.717) is 12.8 Å². The van der Waals surface area contributed by atoms with Gasteiger partial charge in [-0.15, -0.1) is 0 Å². The van der Waals surface area contributed by atoms with E-state index in [-0.39, 0.29) is 5.92 Å². The number of hydrogen-bond acceptors (Lipinski definition) is 2. The number of H-pyrrole nitrogens is 1. The minimum Gasteiger partial charge on any atom is -0.481 e. The number of aliphatic carboxylic acids is 1. The van der Waals surface area contributed by atoms with E-state index in [4.69, 9.17) is 5.11 Å². The summed E-state index contributed by atoms with van der Waals surface area (Å²) in [4.78, 5) is 18.1. The normalized spacial score (nSPS) is 12.8. The number of imidazole rings is 1. The second-order valence-corrected chi connectivity index (χ2v) is 3.90. The number of nitrogens with zero attached hydrogens (tertiary/aromatic N) is 1. The molecular formula is C12H14N2O2. The second kappa shape index (κ2) is 4.35. The Labute approximate surface area is 93.3 Å². The Balaban J connectivity index is 2.23. The summed E-state index contributed by atoms with van der Waals surface area (Å²) in [6, 6.07) is 5.82. The van der Waals surface area contributed by atoms with Gasteiger partial charge in [-0.1, -0.05) is 13.0 Å². The molecule has 0 fully saturated rings. The van der Waals surface area contributed by atoms with Gasteiger partial charge in [-0.05, 0) is 30.5 Å². The maximum absolute atomic E-state index is 10.9. The Morgan fingerprint density at radius 2 is 2.38 bits per heavy atom. The number of benzene rings is 1. The van der Waals surface area contributed by atoms with E-state index >= 15 is 0 Å². The zero-order valence-electron chi connectivity index (χ0n) is 9.10. The molecule has 16 heavy (non-hydrogen) atoms. The van der Waals surface area contributed by atoms with Gasteiger partial charge in [0.1, 0.15) is 0 Å². The fourth-order valence-corrected chi connectivity index (χ4v) is 1.80. The molecule has 1 atom stereocenters. The summed E-state index contributed by atoms with van der Waals surface area (Å²) in [7, 11) is 0. The monoisotopic (exact) mass is 218 g/mol. The number of fused-ring (bicyclic) bond motifs is 1. The number of rotatable bonds is 4. The van der Waals surface area contributed by atoms with E-state index in [1.54, 1.807) is 6.33 Å². The number of aromatic nitrogens is 2. The number of aromatic amines is 1. The van der Waals surface area contributed by atoms with Crippen LogP contribution in [0.1, 0.15) is 18.9 Å². The summed E-state index contributed by atoms with van der Waals surface area (Å²) in [5.74, 6) is -1.03. The molecule has 4 heteroatoms. The van der Waals surface area contributed by atoms with Gasteiger partial charge in [0.2, 0.25) is 0 Å². The van der Waals surface area contributed by atoms with Crippen LogP contribution in [-0.2, 0) is 11.2 Å². The molecule has 2 aromatic rings. The van der Waals surface area contributed by atoms with Crippen molar-refractivity contribution >= 4 is 17.0 Å². The lowest BCUT2D eigenvalue weighted by molar-refractivity contribution is -0.141. The summed E-state index contributed by atoms with van der Waals surface area (Å²) >= 11 is 0. The first-order chi connectivity index (χ1) is 7.70. The Bertz CT molecular complexity index is 504. The lowest BCUT2D eigenvalue weighted by Gasteiger charge is -2.09. The van der Waals surface area contributed by atoms with E-state index in [1.165, 1.54) is 0 Å². The van der Waals surface area contributed by atoms with Crippen LogP contribution >= 0.6 is 0 Å². The zero-order valence-corrected chi connectivity index (χ0v) is 9.10. The standard InChI is InChI=1S/C12H14N2O2/c1-2-9(12(15)16)5-8-3-4-10-11(6-8)14-7-13-10/h3-4,6-7,9H,2,5H2,1H3,(H,13,14)(H,15,16). The molecule has 0 bridgehead atoms. The molecule has 0 spiro atoms. The second-order valence-electron chi connectivity index (χ2n) is 3.90. The first-order valence-electron chi connectivity index (χ1n) is 5.35. The Kier molecular flexibility index (Phi) is 2.90. The SMILES string of the molecule is CCC(Cc1ccc2nc[nH]c2c1)C(=O)O. The Morgan fingerprint density at radius 3 is 3.06 bits per heavy atom. The molecule has 0 saturated heterocycles. The van der Waals surface area contributed by atoms with Gasteiger partial charge in [0.05, 0.1) is 23.3 Å². The van der Waals surface area contributed by atoms with Gasteiger partial charge in [-0.3, -0.25) is 4.79 Å². The third-order valence-electron chi connectivity index (χ3n) is 2.81. The summed E-state index contributed by atoms with van der Waals surface area (Å²) in [6.07, 6.45) is 2.86. The first-order valence-corrected chi connectivity index (χ1v) is 5.35. The Hall–Kier alpha value is -1.84. The van der Waals surface area contributed by atoms with E-state index in [9.17, 15) is 4.79 Å². The average Bonchev–Trinajstić information content (AvgIpc) is 2.72. The average molecular weight is 218 g/mol. The number of hydrogen-bond donors (Lipinski definition) is 2. The van der Waals surface area contributed by atoms with Gasteiger partial charge in [0.15, 0.2) is 0 Å². The largest absolute Gasteiger partial charge is 0.481 e. The van der Waals surface area contributed by atoms with Gasteiger partial charge in [0.25, 0.3) is 0 Å². The number of nitrogens with one attached hydrogen (secondary N) is 1. The minimum absolute atomic E-state index is 0.305. The molecule has 2 N–H and O–H groups in total. The molecule has 1 heterocycles. The summed E-state index contributed by atoms with van der Waals surface area (Å²) in [5.41, 5.74) is 2.90. The van der Waals surface area contributed by atoms with Crippen molar-refractivity contribution in [3.8, 4) is 0 Å². The summed E-state index contributed by atoms with van der Waals surface area (Å²) in [6.45, 7) is 1.90. The Morgan fingerprint density at radius 1 is 1.56 bits per heavy atom. The minimum atomic E-state index is -0.729. The van der Waals surface area contributed by atoms with Crippen molar-refractivity contribution in [2.45, 2.75) is 19.8 Å². The van der Waals surface area contributed by atoms with Crippen molar-refractivity contribution < 1.29 is 9.90 Å². The van der Waals surface area contributed by atoms with Gasteiger partial charge in [0, 0.05) is 0 Å². The molecule has 0 amide bonds. The third-order valence-corrected chi connectivity index (χ3v) is 2.81. The van der Waals surface area contributed by atoms with Crippen molar-refractivity contribution in [3.63, 3.8) is 0 Å². The number of carbonyl (C=O) groups is 1. The van der Waals surface area contributed by atoms with E-state index in [1.807, 2.05) is 25.1 Å². The van der Waals surface area contributed by atoms with E-state index < -0.39 is 5.97 Å². The van der Waals surface area contributed by atoms with Crippen LogP contribution in [0.2, 0.25) is 0 Å². The maximum atomic E-state index is 10.9. The van der Waals surface area contributed by atoms with Crippen molar-refractivity contribution in [1.82, 2.24) is 9.97 Å². The number of carboxylic acids is 1. The van der Waals surface area contributed by atoms with Crippen LogP contribution in [0.3, 0.4) is 0 Å². The zero-order chi connectivity index (χ0) is 11.5. The smallest absolute Gasteiger partial charge is 0.306 e. The van der Waals surface area contributed by atoms with Gasteiger partial charge in [-0.2, -0.15) is 0 Å². The molecule has 1 aromatic heterocycles. The van der Waals surface area contributed by atoms with Crippen molar-refractivity contribution in [2.75, 3.05) is 0 Å². The molecule has 1 unspecified atom stereocenters. The van der Waals surface area contributed by atoms with Gasteiger partial charge < -0.3 is 10.1 Å². The highest BCUT2D eigenvalue weighted by Gasteiger charge is 2.15. The lowest BCUT2D eigenvalue weighted by atomic mass is 9.97. The highest BCUT2D eigenvalue weighted by molar-refractivity contribution is 5.75. The number of carboxylic acid groups (broad SMARTS) is 1. The van der Waals surface area contributed by atoms with Crippen LogP contribution in [0.4, 0.5) is 0 Å². The molecule has 2 rings (SSSR count). The molecule has 4 nitrogen and oxygen atoms in total. The first kappa shape index (κ1) is 10.7. The van der Waals surface area contributed by atoms with Crippen molar-refractivity contribution in [1.29, 1.82) is 0 Å². The fraction of sp³-hybridized carbons (Fsp3) is 0.333. The molecule has 84 valence electrons. The third kappa shape index (κ3) is 2.05.